The molecule has 0 aliphatic heterocycles. The topological polar surface area (TPSA) is 107 Å². The molecular formula is C21H23N3O5. The number of aromatic amines is 1. The normalized spacial score (nSPS) is 11.0. The van der Waals surface area contributed by atoms with Gasteiger partial charge in [0, 0.05) is 11.3 Å². The maximum atomic E-state index is 12.4. The second-order valence-electron chi connectivity index (χ2n) is 6.98. The number of rotatable bonds is 6. The Morgan fingerprint density at radius 1 is 1.14 bits per heavy atom. The Kier molecular flexibility index (Phi) is 5.81. The number of benzene rings is 1. The van der Waals surface area contributed by atoms with E-state index < -0.39 is 11.9 Å². The number of aryl methyl sites for hydroxylation is 1. The second kappa shape index (κ2) is 8.30. The first kappa shape index (κ1) is 20.3. The number of hydrogen-bond donors (Lipinski definition) is 1. The Hall–Kier alpha value is -3.42. The summed E-state index contributed by atoms with van der Waals surface area (Å²) in [5.41, 5.74) is 3.54. The molecule has 152 valence electrons. The first-order chi connectivity index (χ1) is 13.8. The van der Waals surface area contributed by atoms with E-state index in [4.69, 9.17) is 14.0 Å². The monoisotopic (exact) mass is 397 g/mol. The Morgan fingerprint density at radius 3 is 2.45 bits per heavy atom. The summed E-state index contributed by atoms with van der Waals surface area (Å²) in [6.07, 6.45) is 0. The molecule has 3 rings (SSSR count). The van der Waals surface area contributed by atoms with Crippen molar-refractivity contribution >= 4 is 11.9 Å². The van der Waals surface area contributed by atoms with Crippen LogP contribution in [0.3, 0.4) is 0 Å². The number of hydrogen-bond acceptors (Lipinski definition) is 7. The molecule has 0 saturated carbocycles. The fourth-order valence-corrected chi connectivity index (χ4v) is 3.01. The second-order valence-corrected chi connectivity index (χ2v) is 6.98. The van der Waals surface area contributed by atoms with Crippen LogP contribution in [0.4, 0.5) is 0 Å². The van der Waals surface area contributed by atoms with Gasteiger partial charge in [0.05, 0.1) is 12.7 Å². The number of nitrogens with zero attached hydrogens (tertiary/aromatic N) is 2. The average Bonchev–Trinajstić information content (AvgIpc) is 3.30. The lowest BCUT2D eigenvalue weighted by Crippen LogP contribution is -2.08. The molecule has 2 aromatic heterocycles. The van der Waals surface area contributed by atoms with Crippen molar-refractivity contribution in [2.24, 2.45) is 0 Å². The third kappa shape index (κ3) is 4.21. The van der Waals surface area contributed by atoms with Gasteiger partial charge in [0.15, 0.2) is 6.61 Å². The number of esters is 2. The van der Waals surface area contributed by atoms with E-state index >= 15 is 0 Å². The smallest absolute Gasteiger partial charge is 0.355 e. The third-order valence-corrected chi connectivity index (χ3v) is 4.66. The minimum Gasteiger partial charge on any atom is -0.465 e. The molecule has 0 aliphatic rings. The lowest BCUT2D eigenvalue weighted by Gasteiger charge is -2.04. The minimum absolute atomic E-state index is 0.176. The molecule has 0 amide bonds. The molecule has 1 N–H and O–H groups in total. The molecule has 0 saturated heterocycles. The van der Waals surface area contributed by atoms with E-state index in [1.165, 1.54) is 12.7 Å². The summed E-state index contributed by atoms with van der Waals surface area (Å²) < 4.78 is 15.2. The van der Waals surface area contributed by atoms with Crippen molar-refractivity contribution in [3.8, 4) is 11.4 Å². The zero-order valence-corrected chi connectivity index (χ0v) is 17.0. The lowest BCUT2D eigenvalue weighted by molar-refractivity contribution is 0.0422. The Balaban J connectivity index is 1.68. The van der Waals surface area contributed by atoms with Crippen LogP contribution in [0.1, 0.15) is 63.3 Å². The number of ether oxygens (including phenoxy) is 2. The number of methoxy groups -OCH3 is 1. The van der Waals surface area contributed by atoms with Crippen LogP contribution in [0.5, 0.6) is 0 Å². The number of carbonyl (C=O) groups excluding carboxylic acids is 2. The van der Waals surface area contributed by atoms with Gasteiger partial charge >= 0.3 is 11.9 Å². The fraction of sp³-hybridized carbons (Fsp3) is 0.333. The van der Waals surface area contributed by atoms with Crippen LogP contribution < -0.4 is 0 Å². The number of nitrogens with one attached hydrogen (secondary N) is 1. The summed E-state index contributed by atoms with van der Waals surface area (Å²) in [6.45, 7) is 7.40. The highest BCUT2D eigenvalue weighted by Gasteiger charge is 2.24. The standard InChI is InChI=1S/C21H23N3O5/c1-11(2)14-6-8-15(9-7-14)19-23-16(29-24-19)10-28-21(26)18-12(3)17(13(4)22-18)20(25)27-5/h6-9,11,22H,10H2,1-5H3. The molecule has 8 heteroatoms. The largest absolute Gasteiger partial charge is 0.465 e. The Labute approximate surface area is 168 Å². The predicted octanol–water partition coefficient (Wildman–Crippen LogP) is 3.95. The van der Waals surface area contributed by atoms with Gasteiger partial charge in [-0.15, -0.1) is 0 Å². The highest BCUT2D eigenvalue weighted by atomic mass is 16.6. The van der Waals surface area contributed by atoms with Crippen LogP contribution in [0.25, 0.3) is 11.4 Å². The molecule has 0 fully saturated rings. The Bertz CT molecular complexity index is 1030. The van der Waals surface area contributed by atoms with Crippen LogP contribution in [0.2, 0.25) is 0 Å². The zero-order valence-electron chi connectivity index (χ0n) is 17.0. The summed E-state index contributed by atoms with van der Waals surface area (Å²) >= 11 is 0. The fourth-order valence-electron chi connectivity index (χ4n) is 3.01. The number of aromatic nitrogens is 3. The predicted molar refractivity (Wildman–Crippen MR) is 105 cm³/mol. The zero-order chi connectivity index (χ0) is 21.1. The molecule has 0 unspecified atom stereocenters. The van der Waals surface area contributed by atoms with Crippen LogP contribution in [0.15, 0.2) is 28.8 Å². The number of H-pyrrole nitrogens is 1. The molecule has 1 aromatic carbocycles. The quantitative estimate of drug-likeness (QED) is 0.628. The summed E-state index contributed by atoms with van der Waals surface area (Å²) in [4.78, 5) is 31.4. The summed E-state index contributed by atoms with van der Waals surface area (Å²) in [5, 5.41) is 3.94. The molecular weight excluding hydrogens is 374 g/mol. The molecule has 8 nitrogen and oxygen atoms in total. The van der Waals surface area contributed by atoms with Crippen LogP contribution >= 0.6 is 0 Å². The number of carbonyl (C=O) groups is 2. The van der Waals surface area contributed by atoms with E-state index in [-0.39, 0.29) is 18.2 Å². The van der Waals surface area contributed by atoms with Crippen LogP contribution in [-0.2, 0) is 16.1 Å². The lowest BCUT2D eigenvalue weighted by atomic mass is 10.0. The third-order valence-electron chi connectivity index (χ3n) is 4.66. The van der Waals surface area contributed by atoms with E-state index in [1.807, 2.05) is 24.3 Å². The van der Waals surface area contributed by atoms with Crippen LogP contribution in [-0.4, -0.2) is 34.2 Å². The van der Waals surface area contributed by atoms with Gasteiger partial charge in [-0.1, -0.05) is 43.3 Å². The summed E-state index contributed by atoms with van der Waals surface area (Å²) in [6, 6.07) is 7.89. The van der Waals surface area contributed by atoms with Gasteiger partial charge in [0.25, 0.3) is 5.89 Å². The summed E-state index contributed by atoms with van der Waals surface area (Å²) in [5.74, 6) is -0.104. The maximum absolute atomic E-state index is 12.4. The van der Waals surface area contributed by atoms with Crippen molar-refractivity contribution in [3.63, 3.8) is 0 Å². The van der Waals surface area contributed by atoms with Gasteiger partial charge < -0.3 is 19.0 Å². The molecule has 2 heterocycles. The Morgan fingerprint density at radius 2 is 1.83 bits per heavy atom. The van der Waals surface area contributed by atoms with Crippen molar-refractivity contribution in [3.05, 3.63) is 58.2 Å². The van der Waals surface area contributed by atoms with Crippen molar-refractivity contribution in [1.82, 2.24) is 15.1 Å². The summed E-state index contributed by atoms with van der Waals surface area (Å²) in [7, 11) is 1.29. The average molecular weight is 397 g/mol. The van der Waals surface area contributed by atoms with Crippen molar-refractivity contribution in [2.75, 3.05) is 7.11 Å². The van der Waals surface area contributed by atoms with Gasteiger partial charge in [-0.05, 0) is 30.9 Å². The first-order valence-electron chi connectivity index (χ1n) is 9.19. The molecule has 0 bridgehead atoms. The van der Waals surface area contributed by atoms with Gasteiger partial charge in [-0.25, -0.2) is 9.59 Å². The van der Waals surface area contributed by atoms with Crippen molar-refractivity contribution in [1.29, 1.82) is 0 Å². The molecule has 0 atom stereocenters. The molecule has 29 heavy (non-hydrogen) atoms. The van der Waals surface area contributed by atoms with Crippen LogP contribution in [0, 0.1) is 13.8 Å². The maximum Gasteiger partial charge on any atom is 0.355 e. The molecule has 3 aromatic rings. The van der Waals surface area contributed by atoms with E-state index in [0.29, 0.717) is 28.6 Å². The van der Waals surface area contributed by atoms with E-state index in [1.54, 1.807) is 13.8 Å². The molecule has 0 radical (unpaired) electrons. The van der Waals surface area contributed by atoms with E-state index in [9.17, 15) is 9.59 Å². The molecule has 0 aliphatic carbocycles. The van der Waals surface area contributed by atoms with Gasteiger partial charge in [-0.2, -0.15) is 4.98 Å². The highest BCUT2D eigenvalue weighted by molar-refractivity contribution is 5.98. The van der Waals surface area contributed by atoms with Crippen molar-refractivity contribution in [2.45, 2.75) is 40.2 Å². The molecule has 0 spiro atoms. The highest BCUT2D eigenvalue weighted by Crippen LogP contribution is 2.22. The minimum atomic E-state index is -0.623. The first-order valence-corrected chi connectivity index (χ1v) is 9.19. The van der Waals surface area contributed by atoms with Gasteiger partial charge in [0.2, 0.25) is 5.82 Å². The van der Waals surface area contributed by atoms with Gasteiger partial charge in [0.1, 0.15) is 5.69 Å². The van der Waals surface area contributed by atoms with E-state index in [2.05, 4.69) is 29.0 Å². The SMILES string of the molecule is COC(=O)c1c(C)[nH]c(C(=O)OCc2nc(-c3ccc(C(C)C)cc3)no2)c1C. The van der Waals surface area contributed by atoms with Gasteiger partial charge in [-0.3, -0.25) is 0 Å². The van der Waals surface area contributed by atoms with Crippen molar-refractivity contribution < 1.29 is 23.6 Å². The van der Waals surface area contributed by atoms with E-state index in [0.717, 1.165) is 5.56 Å².